The van der Waals surface area contributed by atoms with Gasteiger partial charge in [0.1, 0.15) is 0 Å². The van der Waals surface area contributed by atoms with Gasteiger partial charge >= 0.3 is 5.97 Å². The SMILES string of the molecule is C1CCOC1.COC(=O)c1cc(I)c2ncc(Cl)cc2c1.OCc1cc(I)c2ncc(Cl)cc2c1. The van der Waals surface area contributed by atoms with E-state index in [0.717, 1.165) is 47.7 Å². The van der Waals surface area contributed by atoms with E-state index in [1.165, 1.54) is 20.0 Å². The Hall–Kier alpha value is -1.31. The minimum atomic E-state index is -0.361. The molecular formula is C25H22Cl2I2N2O4. The molecule has 5 rings (SSSR count). The van der Waals surface area contributed by atoms with Crippen molar-refractivity contribution in [1.82, 2.24) is 9.97 Å². The van der Waals surface area contributed by atoms with Gasteiger partial charge in [-0.05, 0) is 100.0 Å². The molecule has 1 fully saturated rings. The zero-order chi connectivity index (χ0) is 25.4. The largest absolute Gasteiger partial charge is 0.465 e. The minimum absolute atomic E-state index is 0.0401. The third-order valence-corrected chi connectivity index (χ3v) is 6.96. The van der Waals surface area contributed by atoms with Gasteiger partial charge in [-0.25, -0.2) is 4.79 Å². The summed E-state index contributed by atoms with van der Waals surface area (Å²) in [6, 6.07) is 10.9. The lowest BCUT2D eigenvalue weighted by atomic mass is 10.1. The zero-order valence-corrected chi connectivity index (χ0v) is 24.6. The van der Waals surface area contributed by atoms with Crippen LogP contribution in [0.4, 0.5) is 0 Å². The number of benzene rings is 2. The van der Waals surface area contributed by atoms with Crippen molar-refractivity contribution in [2.75, 3.05) is 20.3 Å². The monoisotopic (exact) mass is 738 g/mol. The van der Waals surface area contributed by atoms with E-state index in [9.17, 15) is 4.79 Å². The molecule has 0 atom stereocenters. The van der Waals surface area contributed by atoms with Crippen molar-refractivity contribution in [2.45, 2.75) is 19.4 Å². The molecule has 0 spiro atoms. The van der Waals surface area contributed by atoms with Crippen LogP contribution in [0, 0.1) is 7.14 Å². The first kappa shape index (κ1) is 28.3. The van der Waals surface area contributed by atoms with Gasteiger partial charge in [-0.1, -0.05) is 23.2 Å². The van der Waals surface area contributed by atoms with Gasteiger partial charge < -0.3 is 14.6 Å². The van der Waals surface area contributed by atoms with Crippen molar-refractivity contribution in [1.29, 1.82) is 0 Å². The van der Waals surface area contributed by atoms with Crippen molar-refractivity contribution in [3.8, 4) is 0 Å². The van der Waals surface area contributed by atoms with E-state index in [1.54, 1.807) is 30.6 Å². The molecule has 0 amide bonds. The summed E-state index contributed by atoms with van der Waals surface area (Å²) in [5.74, 6) is -0.361. The lowest BCUT2D eigenvalue weighted by Crippen LogP contribution is -2.01. The van der Waals surface area contributed by atoms with Crippen LogP contribution in [0.2, 0.25) is 10.0 Å². The van der Waals surface area contributed by atoms with Crippen molar-refractivity contribution in [2.24, 2.45) is 0 Å². The molecule has 0 unspecified atom stereocenters. The molecule has 10 heteroatoms. The topological polar surface area (TPSA) is 81.5 Å². The van der Waals surface area contributed by atoms with Crippen LogP contribution in [0.25, 0.3) is 21.8 Å². The average molecular weight is 739 g/mol. The van der Waals surface area contributed by atoms with Gasteiger partial charge in [0, 0.05) is 43.5 Å². The second-order valence-electron chi connectivity index (χ2n) is 7.46. The number of rotatable bonds is 2. The molecule has 35 heavy (non-hydrogen) atoms. The maximum absolute atomic E-state index is 11.4. The number of methoxy groups -OCH3 is 1. The smallest absolute Gasteiger partial charge is 0.337 e. The van der Waals surface area contributed by atoms with Gasteiger partial charge in [-0.15, -0.1) is 0 Å². The van der Waals surface area contributed by atoms with E-state index in [-0.39, 0.29) is 12.6 Å². The summed E-state index contributed by atoms with van der Waals surface area (Å²) in [4.78, 5) is 19.9. The zero-order valence-electron chi connectivity index (χ0n) is 18.7. The highest BCUT2D eigenvalue weighted by Crippen LogP contribution is 2.24. The second-order valence-corrected chi connectivity index (χ2v) is 10.7. The van der Waals surface area contributed by atoms with E-state index in [4.69, 9.17) is 33.0 Å². The number of hydrogen-bond acceptors (Lipinski definition) is 6. The van der Waals surface area contributed by atoms with Gasteiger partial charge in [0.25, 0.3) is 0 Å². The van der Waals surface area contributed by atoms with Crippen LogP contribution >= 0.6 is 68.4 Å². The number of aromatic nitrogens is 2. The van der Waals surface area contributed by atoms with E-state index in [0.29, 0.717) is 15.6 Å². The number of halogens is 4. The number of aliphatic hydroxyl groups is 1. The highest BCUT2D eigenvalue weighted by Gasteiger charge is 2.10. The lowest BCUT2D eigenvalue weighted by Gasteiger charge is -2.04. The fourth-order valence-electron chi connectivity index (χ4n) is 3.25. The lowest BCUT2D eigenvalue weighted by molar-refractivity contribution is 0.0601. The first-order valence-electron chi connectivity index (χ1n) is 10.6. The molecule has 0 bridgehead atoms. The third kappa shape index (κ3) is 8.09. The summed E-state index contributed by atoms with van der Waals surface area (Å²) in [5.41, 5.74) is 3.14. The molecule has 6 nitrogen and oxygen atoms in total. The number of hydrogen-bond donors (Lipinski definition) is 1. The van der Waals surface area contributed by atoms with Gasteiger partial charge in [0.05, 0.1) is 40.4 Å². The van der Waals surface area contributed by atoms with Gasteiger partial charge in [0.15, 0.2) is 0 Å². The van der Waals surface area contributed by atoms with Crippen LogP contribution in [-0.4, -0.2) is 41.4 Å². The number of pyridine rings is 2. The molecule has 1 saturated heterocycles. The molecule has 4 aromatic rings. The van der Waals surface area contributed by atoms with Gasteiger partial charge in [-0.2, -0.15) is 0 Å². The second kappa shape index (κ2) is 13.8. The maximum atomic E-state index is 11.4. The quantitative estimate of drug-likeness (QED) is 0.175. The number of aliphatic hydroxyl groups excluding tert-OH is 1. The van der Waals surface area contributed by atoms with Crippen LogP contribution in [-0.2, 0) is 16.1 Å². The number of carbonyl (C=O) groups excluding carboxylic acids is 1. The molecule has 2 aromatic carbocycles. The number of nitrogens with zero attached hydrogens (tertiary/aromatic N) is 2. The van der Waals surface area contributed by atoms with Crippen LogP contribution in [0.1, 0.15) is 28.8 Å². The Morgan fingerprint density at radius 2 is 1.49 bits per heavy atom. The highest BCUT2D eigenvalue weighted by molar-refractivity contribution is 14.1. The molecule has 1 aliphatic heterocycles. The molecule has 184 valence electrons. The van der Waals surface area contributed by atoms with Crippen molar-refractivity contribution >= 4 is 96.2 Å². The maximum Gasteiger partial charge on any atom is 0.337 e. The first-order valence-corrected chi connectivity index (χ1v) is 13.5. The summed E-state index contributed by atoms with van der Waals surface area (Å²) >= 11 is 16.0. The van der Waals surface area contributed by atoms with Crippen molar-refractivity contribution in [3.05, 3.63) is 77.1 Å². The molecule has 1 aliphatic rings. The summed E-state index contributed by atoms with van der Waals surface area (Å²) in [6.45, 7) is 2.04. The van der Waals surface area contributed by atoms with Crippen LogP contribution in [0.15, 0.2) is 48.8 Å². The first-order chi connectivity index (χ1) is 16.8. The molecular weight excluding hydrogens is 717 g/mol. The standard InChI is InChI=1S/C11H7ClINO2.C10H7ClINO.C4H8O/c1-16-11(15)7-2-6-3-8(12)5-14-10(6)9(13)4-7;11-8-3-7-1-6(5-14)2-9(12)10(7)13-4-8;1-2-4-5-3-1/h2-5H,1H3;1-4,14H,5H2;1-4H2. The highest BCUT2D eigenvalue weighted by atomic mass is 127. The third-order valence-electron chi connectivity index (χ3n) is 4.90. The van der Waals surface area contributed by atoms with E-state index >= 15 is 0 Å². The Labute approximate surface area is 240 Å². The molecule has 3 heterocycles. The number of fused-ring (bicyclic) bond motifs is 2. The Morgan fingerprint density at radius 3 is 1.97 bits per heavy atom. The predicted molar refractivity (Wildman–Crippen MR) is 156 cm³/mol. The molecule has 0 saturated carbocycles. The Balaban J connectivity index is 0.000000164. The number of carbonyl (C=O) groups is 1. The molecule has 0 aliphatic carbocycles. The Bertz CT molecular complexity index is 1330. The Kier molecular flexibility index (Phi) is 11.2. The van der Waals surface area contributed by atoms with E-state index in [1.807, 2.05) is 18.2 Å². The number of ether oxygens (including phenoxy) is 2. The molecule has 2 aromatic heterocycles. The minimum Gasteiger partial charge on any atom is -0.465 e. The summed E-state index contributed by atoms with van der Waals surface area (Å²) in [7, 11) is 1.36. The fraction of sp³-hybridized carbons (Fsp3) is 0.240. The summed E-state index contributed by atoms with van der Waals surface area (Å²) < 4.78 is 11.5. The summed E-state index contributed by atoms with van der Waals surface area (Å²) in [5, 5.41) is 12.0. The van der Waals surface area contributed by atoms with Crippen LogP contribution < -0.4 is 0 Å². The van der Waals surface area contributed by atoms with Crippen molar-refractivity contribution < 1.29 is 19.4 Å². The van der Waals surface area contributed by atoms with E-state index in [2.05, 4.69) is 59.9 Å². The van der Waals surface area contributed by atoms with Crippen LogP contribution in [0.5, 0.6) is 0 Å². The predicted octanol–water partition coefficient (Wildman–Crippen LogP) is 7.06. The van der Waals surface area contributed by atoms with Gasteiger partial charge in [-0.3, -0.25) is 9.97 Å². The average Bonchev–Trinajstić information content (AvgIpc) is 3.43. The van der Waals surface area contributed by atoms with E-state index < -0.39 is 0 Å². The fourth-order valence-corrected chi connectivity index (χ4v) is 5.22. The Morgan fingerprint density at radius 1 is 0.943 bits per heavy atom. The molecule has 0 radical (unpaired) electrons. The van der Waals surface area contributed by atoms with Crippen LogP contribution in [0.3, 0.4) is 0 Å². The normalized spacial score (nSPS) is 12.5. The molecule has 1 N–H and O–H groups in total. The number of esters is 1. The summed E-state index contributed by atoms with van der Waals surface area (Å²) in [6.07, 6.45) is 5.77. The van der Waals surface area contributed by atoms with Crippen molar-refractivity contribution in [3.63, 3.8) is 0 Å². The van der Waals surface area contributed by atoms with Gasteiger partial charge in [0.2, 0.25) is 0 Å².